The molecule has 1 N–H and O–H groups in total. The Kier molecular flexibility index (Phi) is 4.57. The van der Waals surface area contributed by atoms with Gasteiger partial charge in [0.1, 0.15) is 5.75 Å². The van der Waals surface area contributed by atoms with Crippen LogP contribution in [0.1, 0.15) is 18.5 Å². The second-order valence-electron chi connectivity index (χ2n) is 4.04. The summed E-state index contributed by atoms with van der Waals surface area (Å²) in [6.45, 7) is 1.30. The molecule has 0 aromatic heterocycles. The Morgan fingerprint density at radius 2 is 1.65 bits per heavy atom. The van der Waals surface area contributed by atoms with Gasteiger partial charge in [0.25, 0.3) is 0 Å². The maximum atomic E-state index is 12.8. The maximum absolute atomic E-state index is 12.8. The first-order valence-corrected chi connectivity index (χ1v) is 5.49. The topological polar surface area (TPSA) is 38.3 Å². The lowest BCUT2D eigenvalue weighted by molar-refractivity contribution is -0.270. The quantitative estimate of drug-likeness (QED) is 0.867. The largest absolute Gasteiger partial charge is 0.497 e. The van der Waals surface area contributed by atoms with Crippen molar-refractivity contribution in [3.05, 3.63) is 29.8 Å². The number of benzene rings is 1. The van der Waals surface area contributed by atoms with E-state index in [4.69, 9.17) is 4.74 Å². The molecule has 0 saturated heterocycles. The fourth-order valence-corrected chi connectivity index (χ4v) is 1.39. The monoisotopic (exact) mass is 297 g/mol. The molecule has 8 heteroatoms. The fraction of sp³-hybridized carbons (Fsp3) is 0.417. The molecule has 1 aromatic rings. The highest BCUT2D eigenvalue weighted by Crippen LogP contribution is 2.36. The van der Waals surface area contributed by atoms with Crippen LogP contribution in [0, 0.1) is 0 Å². The second-order valence-corrected chi connectivity index (χ2v) is 4.04. The highest BCUT2D eigenvalue weighted by atomic mass is 19.4. The molecule has 0 aliphatic carbocycles. The number of halogens is 5. The fourth-order valence-electron chi connectivity index (χ4n) is 1.39. The SMILES string of the molecule is COc1ccc(C(C)NC(=O)C(F)(F)C(F)(F)F)cc1. The average molecular weight is 297 g/mol. The molecule has 1 amide bonds. The van der Waals surface area contributed by atoms with E-state index in [1.54, 1.807) is 5.32 Å². The molecule has 0 fully saturated rings. The van der Waals surface area contributed by atoms with E-state index in [1.165, 1.54) is 38.3 Å². The summed E-state index contributed by atoms with van der Waals surface area (Å²) in [6, 6.07) is 4.91. The molecule has 3 nitrogen and oxygen atoms in total. The summed E-state index contributed by atoms with van der Waals surface area (Å²) >= 11 is 0. The number of methoxy groups -OCH3 is 1. The van der Waals surface area contributed by atoms with Gasteiger partial charge in [-0.2, -0.15) is 22.0 Å². The Labute approximate surface area is 111 Å². The molecule has 0 radical (unpaired) electrons. The van der Waals surface area contributed by atoms with Crippen molar-refractivity contribution in [2.75, 3.05) is 7.11 Å². The van der Waals surface area contributed by atoms with Crippen molar-refractivity contribution >= 4 is 5.91 Å². The molecular formula is C12H12F5NO2. The van der Waals surface area contributed by atoms with Crippen molar-refractivity contribution in [2.45, 2.75) is 25.1 Å². The van der Waals surface area contributed by atoms with E-state index < -0.39 is 24.0 Å². The third-order valence-electron chi connectivity index (χ3n) is 2.60. The molecule has 0 bridgehead atoms. The molecule has 1 unspecified atom stereocenters. The van der Waals surface area contributed by atoms with Crippen molar-refractivity contribution in [3.63, 3.8) is 0 Å². The number of hydrogen-bond donors (Lipinski definition) is 1. The first kappa shape index (κ1) is 16.2. The third kappa shape index (κ3) is 3.37. The van der Waals surface area contributed by atoms with E-state index in [2.05, 4.69) is 0 Å². The summed E-state index contributed by atoms with van der Waals surface area (Å²) in [5.41, 5.74) is 0.372. The highest BCUT2D eigenvalue weighted by Gasteiger charge is 2.63. The molecule has 0 saturated carbocycles. The first-order chi connectivity index (χ1) is 9.09. The zero-order chi connectivity index (χ0) is 15.6. The number of alkyl halides is 5. The molecule has 20 heavy (non-hydrogen) atoms. The molecule has 112 valence electrons. The molecule has 0 spiro atoms. The summed E-state index contributed by atoms with van der Waals surface area (Å²) in [7, 11) is 1.42. The van der Waals surface area contributed by atoms with Gasteiger partial charge >= 0.3 is 18.0 Å². The molecule has 1 atom stereocenters. The number of carbonyl (C=O) groups is 1. The van der Waals surface area contributed by atoms with Gasteiger partial charge in [-0.3, -0.25) is 4.79 Å². The summed E-state index contributed by atoms with van der Waals surface area (Å²) in [6.07, 6.45) is -5.92. The first-order valence-electron chi connectivity index (χ1n) is 5.49. The van der Waals surface area contributed by atoms with Crippen LogP contribution in [0.25, 0.3) is 0 Å². The van der Waals surface area contributed by atoms with Crippen LogP contribution in [0.3, 0.4) is 0 Å². The number of ether oxygens (including phenoxy) is 1. The predicted octanol–water partition coefficient (Wildman–Crippen LogP) is 3.07. The van der Waals surface area contributed by atoms with E-state index >= 15 is 0 Å². The smallest absolute Gasteiger partial charge is 0.463 e. The lowest BCUT2D eigenvalue weighted by Crippen LogP contribution is -2.50. The minimum Gasteiger partial charge on any atom is -0.497 e. The Bertz CT molecular complexity index is 470. The van der Waals surface area contributed by atoms with Gasteiger partial charge in [-0.05, 0) is 24.6 Å². The Morgan fingerprint density at radius 3 is 2.05 bits per heavy atom. The highest BCUT2D eigenvalue weighted by molar-refractivity contribution is 5.84. The van der Waals surface area contributed by atoms with E-state index in [9.17, 15) is 26.7 Å². The van der Waals surface area contributed by atoms with Crippen LogP contribution in [0.2, 0.25) is 0 Å². The molecule has 0 aliphatic heterocycles. The molecular weight excluding hydrogens is 285 g/mol. The van der Waals surface area contributed by atoms with Crippen LogP contribution >= 0.6 is 0 Å². The van der Waals surface area contributed by atoms with Gasteiger partial charge in [-0.25, -0.2) is 0 Å². The van der Waals surface area contributed by atoms with Gasteiger partial charge in [-0.1, -0.05) is 12.1 Å². The molecule has 1 rings (SSSR count). The number of nitrogens with one attached hydrogen (secondary N) is 1. The summed E-state index contributed by atoms with van der Waals surface area (Å²) in [5.74, 6) is -7.31. The maximum Gasteiger partial charge on any atom is 0.463 e. The van der Waals surface area contributed by atoms with Gasteiger partial charge in [0, 0.05) is 0 Å². The zero-order valence-corrected chi connectivity index (χ0v) is 10.6. The Morgan fingerprint density at radius 1 is 1.15 bits per heavy atom. The lowest BCUT2D eigenvalue weighted by atomic mass is 10.1. The van der Waals surface area contributed by atoms with Crippen molar-refractivity contribution in [2.24, 2.45) is 0 Å². The molecule has 0 aliphatic rings. The van der Waals surface area contributed by atoms with E-state index in [0.717, 1.165) is 0 Å². The van der Waals surface area contributed by atoms with Crippen molar-refractivity contribution in [1.29, 1.82) is 0 Å². The average Bonchev–Trinajstić information content (AvgIpc) is 2.37. The Balaban J connectivity index is 2.79. The lowest BCUT2D eigenvalue weighted by Gasteiger charge is -2.21. The van der Waals surface area contributed by atoms with Crippen LogP contribution in [-0.2, 0) is 4.79 Å². The van der Waals surface area contributed by atoms with E-state index in [0.29, 0.717) is 11.3 Å². The summed E-state index contributed by atoms with van der Waals surface area (Å²) in [4.78, 5) is 11.0. The zero-order valence-electron chi connectivity index (χ0n) is 10.6. The van der Waals surface area contributed by atoms with Gasteiger partial charge in [-0.15, -0.1) is 0 Å². The van der Waals surface area contributed by atoms with Gasteiger partial charge < -0.3 is 10.1 Å². The predicted molar refractivity (Wildman–Crippen MR) is 60.6 cm³/mol. The number of hydrogen-bond acceptors (Lipinski definition) is 2. The van der Waals surface area contributed by atoms with E-state index in [1.807, 2.05) is 0 Å². The van der Waals surface area contributed by atoms with Crippen LogP contribution < -0.4 is 10.1 Å². The number of amides is 1. The third-order valence-corrected chi connectivity index (χ3v) is 2.60. The minimum atomic E-state index is -5.92. The van der Waals surface area contributed by atoms with Gasteiger partial charge in [0.05, 0.1) is 13.2 Å². The molecule has 0 heterocycles. The van der Waals surface area contributed by atoms with Gasteiger partial charge in [0.15, 0.2) is 0 Å². The molecule has 1 aromatic carbocycles. The van der Waals surface area contributed by atoms with E-state index in [-0.39, 0.29) is 0 Å². The minimum absolute atomic E-state index is 0.372. The second kappa shape index (κ2) is 5.64. The number of rotatable bonds is 4. The van der Waals surface area contributed by atoms with Crippen molar-refractivity contribution in [3.8, 4) is 5.75 Å². The van der Waals surface area contributed by atoms with Crippen LogP contribution in [0.15, 0.2) is 24.3 Å². The number of carbonyl (C=O) groups excluding carboxylic acids is 1. The van der Waals surface area contributed by atoms with Crippen molar-refractivity contribution < 1.29 is 31.5 Å². The van der Waals surface area contributed by atoms with Crippen LogP contribution in [0.5, 0.6) is 5.75 Å². The summed E-state index contributed by atoms with van der Waals surface area (Å²) in [5, 5.41) is 1.63. The van der Waals surface area contributed by atoms with Crippen molar-refractivity contribution in [1.82, 2.24) is 5.32 Å². The standard InChI is InChI=1S/C12H12F5NO2/c1-7(8-3-5-9(20-2)6-4-8)18-10(19)11(13,14)12(15,16)17/h3-7H,1-2H3,(H,18,19). The normalized spacial score (nSPS) is 13.8. The Hall–Kier alpha value is -1.86. The van der Waals surface area contributed by atoms with Crippen LogP contribution in [0.4, 0.5) is 22.0 Å². The summed E-state index contributed by atoms with van der Waals surface area (Å²) < 4.78 is 66.4. The van der Waals surface area contributed by atoms with Crippen LogP contribution in [-0.4, -0.2) is 25.1 Å². The van der Waals surface area contributed by atoms with Gasteiger partial charge in [0.2, 0.25) is 0 Å².